The van der Waals surface area contributed by atoms with Gasteiger partial charge in [-0.25, -0.2) is 0 Å². The first-order valence-corrected chi connectivity index (χ1v) is 7.09. The monoisotopic (exact) mass is 280 g/mol. The van der Waals surface area contributed by atoms with Crippen molar-refractivity contribution in [3.8, 4) is 0 Å². The highest BCUT2D eigenvalue weighted by Gasteiger charge is 2.39. The van der Waals surface area contributed by atoms with Gasteiger partial charge in [0.2, 0.25) is 5.91 Å². The molecule has 104 valence electrons. The highest BCUT2D eigenvalue weighted by molar-refractivity contribution is 6.30. The molecule has 1 amide bonds. The molecule has 1 aromatic rings. The maximum Gasteiger partial charge on any atom is 0.242 e. The summed E-state index contributed by atoms with van der Waals surface area (Å²) in [5.41, 5.74) is 0.692. The van der Waals surface area contributed by atoms with Gasteiger partial charge in [-0.2, -0.15) is 0 Å². The van der Waals surface area contributed by atoms with Crippen LogP contribution in [-0.2, 0) is 4.79 Å². The van der Waals surface area contributed by atoms with Crippen LogP contribution in [0.1, 0.15) is 38.3 Å². The summed E-state index contributed by atoms with van der Waals surface area (Å²) in [6, 6.07) is 7.72. The van der Waals surface area contributed by atoms with Gasteiger partial charge < -0.3 is 10.2 Å². The molecule has 0 aromatic heterocycles. The van der Waals surface area contributed by atoms with E-state index in [9.17, 15) is 4.79 Å². The first-order valence-electron chi connectivity index (χ1n) is 6.72. The number of rotatable bonds is 3. The molecule has 4 heteroatoms. The number of benzene rings is 1. The fourth-order valence-corrected chi connectivity index (χ4v) is 2.73. The van der Waals surface area contributed by atoms with E-state index in [1.165, 1.54) is 0 Å². The third-order valence-electron chi connectivity index (χ3n) is 4.09. The van der Waals surface area contributed by atoms with E-state index in [1.807, 2.05) is 50.1 Å². The van der Waals surface area contributed by atoms with Crippen molar-refractivity contribution >= 4 is 17.5 Å². The second-order valence-corrected chi connectivity index (χ2v) is 5.94. The molecule has 1 heterocycles. The summed E-state index contributed by atoms with van der Waals surface area (Å²) >= 11 is 5.89. The number of carbonyl (C=O) groups excluding carboxylic acids is 1. The number of hydrogen-bond acceptors (Lipinski definition) is 2. The molecule has 1 fully saturated rings. The van der Waals surface area contributed by atoms with Crippen molar-refractivity contribution in [2.75, 3.05) is 13.6 Å². The quantitative estimate of drug-likeness (QED) is 0.923. The molecule has 2 atom stereocenters. The second-order valence-electron chi connectivity index (χ2n) is 5.51. The molecule has 2 unspecified atom stereocenters. The predicted octanol–water partition coefficient (Wildman–Crippen LogP) is 3.00. The second kappa shape index (κ2) is 5.51. The van der Waals surface area contributed by atoms with Crippen molar-refractivity contribution in [2.45, 2.75) is 38.3 Å². The number of nitrogens with one attached hydrogen (secondary N) is 1. The van der Waals surface area contributed by atoms with E-state index in [0.29, 0.717) is 5.02 Å². The summed E-state index contributed by atoms with van der Waals surface area (Å²) in [4.78, 5) is 14.4. The molecule has 1 saturated heterocycles. The summed E-state index contributed by atoms with van der Waals surface area (Å²) < 4.78 is 0. The van der Waals surface area contributed by atoms with Gasteiger partial charge in [-0.1, -0.05) is 23.7 Å². The molecule has 1 N–H and O–H groups in total. The van der Waals surface area contributed by atoms with Gasteiger partial charge >= 0.3 is 0 Å². The van der Waals surface area contributed by atoms with E-state index in [1.54, 1.807) is 0 Å². The first kappa shape index (κ1) is 14.4. The van der Waals surface area contributed by atoms with Crippen molar-refractivity contribution in [2.24, 2.45) is 0 Å². The Hall–Kier alpha value is -1.06. The molecule has 3 nitrogen and oxygen atoms in total. The zero-order valence-electron chi connectivity index (χ0n) is 11.7. The molecular weight excluding hydrogens is 260 g/mol. The summed E-state index contributed by atoms with van der Waals surface area (Å²) in [6.45, 7) is 4.96. The van der Waals surface area contributed by atoms with Crippen molar-refractivity contribution in [1.29, 1.82) is 0 Å². The molecule has 0 bridgehead atoms. The molecule has 1 aromatic carbocycles. The van der Waals surface area contributed by atoms with Crippen LogP contribution in [-0.4, -0.2) is 29.9 Å². The van der Waals surface area contributed by atoms with E-state index in [4.69, 9.17) is 11.6 Å². The van der Waals surface area contributed by atoms with Crippen LogP contribution in [0.25, 0.3) is 0 Å². The molecular formula is C15H21ClN2O. The van der Waals surface area contributed by atoms with Gasteiger partial charge in [-0.3, -0.25) is 4.79 Å². The Morgan fingerprint density at radius 3 is 2.58 bits per heavy atom. The average molecular weight is 281 g/mol. The van der Waals surface area contributed by atoms with Crippen molar-refractivity contribution < 1.29 is 4.79 Å². The van der Waals surface area contributed by atoms with E-state index in [-0.39, 0.29) is 11.9 Å². The van der Waals surface area contributed by atoms with Crippen LogP contribution in [0.5, 0.6) is 0 Å². The topological polar surface area (TPSA) is 32.3 Å². The molecule has 0 spiro atoms. The van der Waals surface area contributed by atoms with Crippen LogP contribution in [0.15, 0.2) is 24.3 Å². The zero-order valence-corrected chi connectivity index (χ0v) is 12.5. The van der Waals surface area contributed by atoms with E-state index in [2.05, 4.69) is 5.32 Å². The molecule has 2 rings (SSSR count). The zero-order chi connectivity index (χ0) is 14.0. The summed E-state index contributed by atoms with van der Waals surface area (Å²) in [6.07, 6.45) is 1.97. The summed E-state index contributed by atoms with van der Waals surface area (Å²) in [5, 5.41) is 4.03. The van der Waals surface area contributed by atoms with Gasteiger partial charge in [0, 0.05) is 12.1 Å². The maximum absolute atomic E-state index is 12.6. The van der Waals surface area contributed by atoms with Crippen LogP contribution in [0.3, 0.4) is 0 Å². The predicted molar refractivity (Wildman–Crippen MR) is 78.3 cm³/mol. The molecule has 1 aliphatic rings. The SMILES string of the molecule is CC(c1ccc(Cl)cc1)N(C)C(=O)C1(C)CCCN1. The van der Waals surface area contributed by atoms with E-state index in [0.717, 1.165) is 24.9 Å². The van der Waals surface area contributed by atoms with Crippen LogP contribution < -0.4 is 5.32 Å². The van der Waals surface area contributed by atoms with Gasteiger partial charge in [-0.15, -0.1) is 0 Å². The lowest BCUT2D eigenvalue weighted by molar-refractivity contribution is -0.137. The lowest BCUT2D eigenvalue weighted by atomic mass is 9.97. The van der Waals surface area contributed by atoms with Gasteiger partial charge in [-0.05, 0) is 50.9 Å². The largest absolute Gasteiger partial charge is 0.337 e. The normalized spacial score (nSPS) is 24.2. The molecule has 0 saturated carbocycles. The third-order valence-corrected chi connectivity index (χ3v) is 4.35. The fourth-order valence-electron chi connectivity index (χ4n) is 2.61. The minimum Gasteiger partial charge on any atom is -0.337 e. The molecule has 0 aliphatic carbocycles. The number of halogens is 1. The first-order chi connectivity index (χ1) is 8.94. The number of amides is 1. The fraction of sp³-hybridized carbons (Fsp3) is 0.533. The smallest absolute Gasteiger partial charge is 0.242 e. The van der Waals surface area contributed by atoms with Crippen molar-refractivity contribution in [1.82, 2.24) is 10.2 Å². The van der Waals surface area contributed by atoms with Crippen molar-refractivity contribution in [3.63, 3.8) is 0 Å². The maximum atomic E-state index is 12.6. The summed E-state index contributed by atoms with van der Waals surface area (Å²) in [7, 11) is 1.87. The molecule has 19 heavy (non-hydrogen) atoms. The highest BCUT2D eigenvalue weighted by Crippen LogP contribution is 2.26. The van der Waals surface area contributed by atoms with E-state index < -0.39 is 5.54 Å². The Balaban J connectivity index is 2.12. The Morgan fingerprint density at radius 2 is 2.05 bits per heavy atom. The van der Waals surface area contributed by atoms with Crippen LogP contribution in [0.4, 0.5) is 0 Å². The Morgan fingerprint density at radius 1 is 1.42 bits per heavy atom. The van der Waals surface area contributed by atoms with Gasteiger partial charge in [0.15, 0.2) is 0 Å². The van der Waals surface area contributed by atoms with Gasteiger partial charge in [0.1, 0.15) is 0 Å². The average Bonchev–Trinajstić information content (AvgIpc) is 2.85. The Kier molecular flexibility index (Phi) is 4.16. The Labute approximate surface area is 119 Å². The summed E-state index contributed by atoms with van der Waals surface area (Å²) in [5.74, 6) is 0.160. The lowest BCUT2D eigenvalue weighted by Crippen LogP contribution is -2.52. The minimum atomic E-state index is -0.407. The number of hydrogen-bond donors (Lipinski definition) is 1. The van der Waals surface area contributed by atoms with Crippen molar-refractivity contribution in [3.05, 3.63) is 34.9 Å². The van der Waals surface area contributed by atoms with Crippen LogP contribution in [0, 0.1) is 0 Å². The number of carbonyl (C=O) groups is 1. The number of nitrogens with zero attached hydrogens (tertiary/aromatic N) is 1. The standard InChI is InChI=1S/C15H21ClN2O/c1-11(12-5-7-13(16)8-6-12)18(3)14(19)15(2)9-4-10-17-15/h5-8,11,17H,4,9-10H2,1-3H3. The Bertz CT molecular complexity index is 452. The minimum absolute atomic E-state index is 0.0454. The van der Waals surface area contributed by atoms with Crippen LogP contribution >= 0.6 is 11.6 Å². The third kappa shape index (κ3) is 2.93. The lowest BCUT2D eigenvalue weighted by Gasteiger charge is -2.33. The molecule has 0 radical (unpaired) electrons. The highest BCUT2D eigenvalue weighted by atomic mass is 35.5. The van der Waals surface area contributed by atoms with E-state index >= 15 is 0 Å². The number of likely N-dealkylation sites (N-methyl/N-ethyl adjacent to an activating group) is 1. The molecule has 1 aliphatic heterocycles. The van der Waals surface area contributed by atoms with Gasteiger partial charge in [0.05, 0.1) is 11.6 Å². The van der Waals surface area contributed by atoms with Crippen LogP contribution in [0.2, 0.25) is 5.02 Å². The van der Waals surface area contributed by atoms with Gasteiger partial charge in [0.25, 0.3) is 0 Å².